The molecule has 1 atom stereocenters. The largest absolute Gasteiger partial charge is 0.318 e. The van der Waals surface area contributed by atoms with Crippen LogP contribution >= 0.6 is 0 Å². The quantitative estimate of drug-likeness (QED) is 0.754. The Morgan fingerprint density at radius 2 is 1.63 bits per heavy atom. The van der Waals surface area contributed by atoms with Crippen LogP contribution in [-0.2, 0) is 5.54 Å². The van der Waals surface area contributed by atoms with E-state index >= 15 is 0 Å². The Bertz CT molecular complexity index is 697. The molecular weight excluding hydrogens is 232 g/mol. The minimum atomic E-state index is -0.547. The second kappa shape index (κ2) is 4.48. The number of fused-ring (bicyclic) bond motifs is 1. The van der Waals surface area contributed by atoms with Crippen LogP contribution in [-0.4, -0.2) is 4.98 Å². The second-order valence-electron chi connectivity index (χ2n) is 4.95. The molecule has 2 aromatic carbocycles. The maximum atomic E-state index is 6.59. The van der Waals surface area contributed by atoms with Gasteiger partial charge in [-0.15, -0.1) is 0 Å². The molecule has 0 radical (unpaired) electrons. The second-order valence-corrected chi connectivity index (χ2v) is 4.95. The van der Waals surface area contributed by atoms with Crippen LogP contribution in [0.2, 0.25) is 0 Å². The van der Waals surface area contributed by atoms with Crippen LogP contribution in [0.25, 0.3) is 10.9 Å². The van der Waals surface area contributed by atoms with E-state index in [0.29, 0.717) is 0 Å². The summed E-state index contributed by atoms with van der Waals surface area (Å²) in [6.07, 6.45) is 1.81. The van der Waals surface area contributed by atoms with E-state index < -0.39 is 5.54 Å². The molecule has 1 heterocycles. The van der Waals surface area contributed by atoms with Crippen LogP contribution in [0.4, 0.5) is 0 Å². The van der Waals surface area contributed by atoms with Crippen LogP contribution in [0.5, 0.6) is 0 Å². The zero-order chi connectivity index (χ0) is 13.3. The molecule has 0 aliphatic heterocycles. The highest BCUT2D eigenvalue weighted by Gasteiger charge is 2.25. The first-order valence-electron chi connectivity index (χ1n) is 6.38. The highest BCUT2D eigenvalue weighted by atomic mass is 14.8. The van der Waals surface area contributed by atoms with Gasteiger partial charge >= 0.3 is 0 Å². The van der Waals surface area contributed by atoms with Crippen molar-refractivity contribution in [2.45, 2.75) is 12.5 Å². The average molecular weight is 248 g/mol. The van der Waals surface area contributed by atoms with E-state index in [0.717, 1.165) is 22.0 Å². The smallest absolute Gasteiger partial charge is 0.0755 e. The first kappa shape index (κ1) is 11.9. The molecule has 94 valence electrons. The van der Waals surface area contributed by atoms with Crippen molar-refractivity contribution >= 4 is 10.9 Å². The third-order valence-electron chi connectivity index (χ3n) is 3.57. The molecule has 2 heteroatoms. The lowest BCUT2D eigenvalue weighted by Crippen LogP contribution is -2.34. The topological polar surface area (TPSA) is 38.9 Å². The van der Waals surface area contributed by atoms with E-state index in [1.54, 1.807) is 0 Å². The summed E-state index contributed by atoms with van der Waals surface area (Å²) in [6.45, 7) is 2.03. The Labute approximate surface area is 112 Å². The van der Waals surface area contributed by atoms with Crippen molar-refractivity contribution in [3.8, 4) is 0 Å². The van der Waals surface area contributed by atoms with Crippen molar-refractivity contribution in [2.75, 3.05) is 0 Å². The van der Waals surface area contributed by atoms with E-state index in [9.17, 15) is 0 Å². The zero-order valence-corrected chi connectivity index (χ0v) is 10.9. The third kappa shape index (κ3) is 2.00. The number of pyridine rings is 1. The summed E-state index contributed by atoms with van der Waals surface area (Å²) >= 11 is 0. The number of nitrogens with zero attached hydrogens (tertiary/aromatic N) is 1. The number of benzene rings is 2. The third-order valence-corrected chi connectivity index (χ3v) is 3.57. The Balaban J connectivity index is 2.24. The van der Waals surface area contributed by atoms with Crippen molar-refractivity contribution in [2.24, 2.45) is 5.73 Å². The number of hydrogen-bond donors (Lipinski definition) is 1. The monoisotopic (exact) mass is 248 g/mol. The molecule has 3 aromatic rings. The van der Waals surface area contributed by atoms with Gasteiger partial charge in [0.2, 0.25) is 0 Å². The zero-order valence-electron chi connectivity index (χ0n) is 10.9. The van der Waals surface area contributed by atoms with Gasteiger partial charge in [-0.25, -0.2) is 0 Å². The van der Waals surface area contributed by atoms with E-state index in [-0.39, 0.29) is 0 Å². The van der Waals surface area contributed by atoms with Gasteiger partial charge in [-0.3, -0.25) is 4.98 Å². The van der Waals surface area contributed by atoms with Crippen LogP contribution in [0.1, 0.15) is 18.1 Å². The molecule has 0 saturated heterocycles. The fourth-order valence-electron chi connectivity index (χ4n) is 2.46. The van der Waals surface area contributed by atoms with Gasteiger partial charge in [0.05, 0.1) is 11.1 Å². The summed E-state index contributed by atoms with van der Waals surface area (Å²) < 4.78 is 0. The van der Waals surface area contributed by atoms with Gasteiger partial charge in [0.15, 0.2) is 0 Å². The van der Waals surface area contributed by atoms with Crippen LogP contribution in [0, 0.1) is 0 Å². The lowest BCUT2D eigenvalue weighted by molar-refractivity contribution is 0.607. The summed E-state index contributed by atoms with van der Waals surface area (Å²) in [4.78, 5) is 4.49. The lowest BCUT2D eigenvalue weighted by atomic mass is 9.84. The normalized spacial score (nSPS) is 14.2. The highest BCUT2D eigenvalue weighted by Crippen LogP contribution is 2.30. The Hall–Kier alpha value is -2.19. The van der Waals surface area contributed by atoms with Gasteiger partial charge in [0.1, 0.15) is 0 Å². The molecule has 0 saturated carbocycles. The average Bonchev–Trinajstić information content (AvgIpc) is 2.47. The van der Waals surface area contributed by atoms with Crippen molar-refractivity contribution in [1.29, 1.82) is 0 Å². The molecule has 2 nitrogen and oxygen atoms in total. The van der Waals surface area contributed by atoms with Gasteiger partial charge in [0, 0.05) is 17.1 Å². The molecule has 0 spiro atoms. The highest BCUT2D eigenvalue weighted by molar-refractivity contribution is 5.83. The van der Waals surface area contributed by atoms with Crippen molar-refractivity contribution < 1.29 is 0 Å². The van der Waals surface area contributed by atoms with Gasteiger partial charge in [-0.2, -0.15) is 0 Å². The van der Waals surface area contributed by atoms with Crippen LogP contribution < -0.4 is 5.73 Å². The fraction of sp³-hybridized carbons (Fsp3) is 0.118. The molecule has 0 amide bonds. The molecule has 1 aromatic heterocycles. The minimum absolute atomic E-state index is 0.547. The van der Waals surface area contributed by atoms with Crippen molar-refractivity contribution in [3.05, 3.63) is 78.0 Å². The van der Waals surface area contributed by atoms with E-state index in [2.05, 4.69) is 35.3 Å². The molecule has 19 heavy (non-hydrogen) atoms. The summed E-state index contributed by atoms with van der Waals surface area (Å²) in [5, 5.41) is 1.12. The Morgan fingerprint density at radius 1 is 0.895 bits per heavy atom. The maximum absolute atomic E-state index is 6.59. The molecule has 2 N–H and O–H groups in total. The number of aromatic nitrogens is 1. The van der Waals surface area contributed by atoms with Gasteiger partial charge < -0.3 is 5.73 Å². The molecule has 1 unspecified atom stereocenters. The van der Waals surface area contributed by atoms with E-state index in [1.807, 2.05) is 43.5 Å². The number of rotatable bonds is 2. The summed E-state index contributed by atoms with van der Waals surface area (Å²) in [5.74, 6) is 0. The minimum Gasteiger partial charge on any atom is -0.318 e. The Morgan fingerprint density at radius 3 is 2.42 bits per heavy atom. The molecule has 0 aliphatic rings. The molecule has 0 aliphatic carbocycles. The summed E-state index contributed by atoms with van der Waals surface area (Å²) in [5.41, 5.74) is 9.15. The molecule has 3 rings (SSSR count). The summed E-state index contributed by atoms with van der Waals surface area (Å²) in [6, 6.07) is 20.3. The number of hydrogen-bond acceptors (Lipinski definition) is 2. The SMILES string of the molecule is CC(N)(c1ccccc1)c1cccc2cccnc12. The van der Waals surface area contributed by atoms with Crippen molar-refractivity contribution in [3.63, 3.8) is 0 Å². The number of para-hydroxylation sites is 1. The van der Waals surface area contributed by atoms with Crippen LogP contribution in [0.3, 0.4) is 0 Å². The van der Waals surface area contributed by atoms with Gasteiger partial charge in [-0.05, 0) is 18.6 Å². The van der Waals surface area contributed by atoms with Gasteiger partial charge in [0.25, 0.3) is 0 Å². The lowest BCUT2D eigenvalue weighted by Gasteiger charge is -2.26. The van der Waals surface area contributed by atoms with Crippen molar-refractivity contribution in [1.82, 2.24) is 4.98 Å². The first-order chi connectivity index (χ1) is 9.19. The number of nitrogens with two attached hydrogens (primary N) is 1. The van der Waals surface area contributed by atoms with Crippen LogP contribution in [0.15, 0.2) is 66.9 Å². The fourth-order valence-corrected chi connectivity index (χ4v) is 2.46. The molecular formula is C17H16N2. The molecule has 0 bridgehead atoms. The predicted octanol–water partition coefficient (Wildman–Crippen LogP) is 3.46. The maximum Gasteiger partial charge on any atom is 0.0755 e. The standard InChI is InChI=1S/C17H16N2/c1-17(18,14-9-3-2-4-10-14)15-11-5-7-13-8-6-12-19-16(13)15/h2-12H,18H2,1H3. The summed E-state index contributed by atoms with van der Waals surface area (Å²) in [7, 11) is 0. The van der Waals surface area contributed by atoms with E-state index in [4.69, 9.17) is 5.73 Å². The van der Waals surface area contributed by atoms with E-state index in [1.165, 1.54) is 0 Å². The molecule has 0 fully saturated rings. The first-order valence-corrected chi connectivity index (χ1v) is 6.38. The predicted molar refractivity (Wildman–Crippen MR) is 78.8 cm³/mol. The van der Waals surface area contributed by atoms with Gasteiger partial charge in [-0.1, -0.05) is 54.6 Å². The Kier molecular flexibility index (Phi) is 2.80.